The molecule has 5 heteroatoms. The third-order valence-electron chi connectivity index (χ3n) is 3.99. The molecule has 1 aliphatic heterocycles. The highest BCUT2D eigenvalue weighted by Crippen LogP contribution is 2.28. The van der Waals surface area contributed by atoms with E-state index in [9.17, 15) is 4.39 Å². The van der Waals surface area contributed by atoms with Crippen molar-refractivity contribution in [1.29, 1.82) is 0 Å². The Morgan fingerprint density at radius 3 is 2.81 bits per heavy atom. The van der Waals surface area contributed by atoms with Gasteiger partial charge in [0.2, 0.25) is 5.89 Å². The number of hydrogen-bond donors (Lipinski definition) is 1. The van der Waals surface area contributed by atoms with Gasteiger partial charge in [-0.25, -0.2) is 9.37 Å². The van der Waals surface area contributed by atoms with E-state index in [1.54, 1.807) is 0 Å². The number of alkyl halides is 1. The molecule has 1 unspecified atom stereocenters. The molecule has 2 heterocycles. The Bertz CT molecular complexity index is 618. The van der Waals surface area contributed by atoms with E-state index in [1.165, 1.54) is 0 Å². The van der Waals surface area contributed by atoms with Gasteiger partial charge in [0, 0.05) is 16.6 Å². The minimum absolute atomic E-state index is 0.448. The molecule has 0 spiro atoms. The molecule has 1 aromatic heterocycles. The van der Waals surface area contributed by atoms with Crippen LogP contribution in [0.5, 0.6) is 0 Å². The first-order valence-electron chi connectivity index (χ1n) is 7.18. The van der Waals surface area contributed by atoms with Crippen LogP contribution in [-0.2, 0) is 6.42 Å². The molecule has 0 radical (unpaired) electrons. The molecular weight excluding hydrogens is 335 g/mol. The predicted molar refractivity (Wildman–Crippen MR) is 84.0 cm³/mol. The molecule has 0 bridgehead atoms. The Kier molecular flexibility index (Phi) is 4.13. The molecule has 1 aliphatic rings. The molecule has 21 heavy (non-hydrogen) atoms. The highest BCUT2D eigenvalue weighted by molar-refractivity contribution is 9.10. The smallest absolute Gasteiger partial charge is 0.226 e. The first-order valence-corrected chi connectivity index (χ1v) is 7.97. The third kappa shape index (κ3) is 3.35. The molecular formula is C16H18BrFN2O. The van der Waals surface area contributed by atoms with Gasteiger partial charge < -0.3 is 9.73 Å². The lowest BCUT2D eigenvalue weighted by Gasteiger charge is -2.16. The van der Waals surface area contributed by atoms with Crippen LogP contribution in [0.2, 0.25) is 0 Å². The average molecular weight is 353 g/mol. The van der Waals surface area contributed by atoms with E-state index in [1.807, 2.05) is 31.2 Å². The van der Waals surface area contributed by atoms with Crippen LogP contribution in [0, 0.1) is 6.92 Å². The summed E-state index contributed by atoms with van der Waals surface area (Å²) in [5.41, 5.74) is 0.699. The van der Waals surface area contributed by atoms with Gasteiger partial charge in [-0.2, -0.15) is 0 Å². The minimum atomic E-state index is -1.09. The largest absolute Gasteiger partial charge is 0.441 e. The van der Waals surface area contributed by atoms with Gasteiger partial charge in [-0.05, 0) is 57.0 Å². The summed E-state index contributed by atoms with van der Waals surface area (Å²) in [5.74, 6) is 1.38. The Morgan fingerprint density at radius 1 is 1.38 bits per heavy atom. The second-order valence-corrected chi connectivity index (χ2v) is 6.52. The molecule has 3 nitrogen and oxygen atoms in total. The highest BCUT2D eigenvalue weighted by Gasteiger charge is 2.33. The van der Waals surface area contributed by atoms with Crippen LogP contribution in [0.1, 0.15) is 24.3 Å². The fourth-order valence-electron chi connectivity index (χ4n) is 2.64. The van der Waals surface area contributed by atoms with Gasteiger partial charge in [0.15, 0.2) is 0 Å². The maximum absolute atomic E-state index is 14.4. The molecule has 1 saturated heterocycles. The van der Waals surface area contributed by atoms with Crippen LogP contribution < -0.4 is 5.32 Å². The summed E-state index contributed by atoms with van der Waals surface area (Å²) < 4.78 is 21.1. The summed E-state index contributed by atoms with van der Waals surface area (Å²) in [6, 6.07) is 7.82. The number of oxazole rings is 1. The van der Waals surface area contributed by atoms with Crippen molar-refractivity contribution in [1.82, 2.24) is 10.3 Å². The number of nitrogens with one attached hydrogen (secondary N) is 1. The number of nitrogens with zero attached hydrogens (tertiary/aromatic N) is 1. The molecule has 1 fully saturated rings. The second kappa shape index (κ2) is 5.89. The number of hydrogen-bond acceptors (Lipinski definition) is 3. The molecule has 0 amide bonds. The van der Waals surface area contributed by atoms with Crippen molar-refractivity contribution in [2.24, 2.45) is 0 Å². The first kappa shape index (κ1) is 14.7. The Labute approximate surface area is 132 Å². The standard InChI is InChI=1S/C16H18BrFN2O/c1-11-14(6-7-16(18)8-9-19-10-16)20-15(21-11)12-2-4-13(17)5-3-12/h2-5,19H,6-10H2,1H3. The third-order valence-corrected chi connectivity index (χ3v) is 4.51. The summed E-state index contributed by atoms with van der Waals surface area (Å²) in [5, 5.41) is 3.08. The van der Waals surface area contributed by atoms with E-state index >= 15 is 0 Å². The van der Waals surface area contributed by atoms with E-state index in [0.29, 0.717) is 31.7 Å². The van der Waals surface area contributed by atoms with Gasteiger partial charge >= 0.3 is 0 Å². The summed E-state index contributed by atoms with van der Waals surface area (Å²) in [7, 11) is 0. The lowest BCUT2D eigenvalue weighted by Crippen LogP contribution is -2.26. The number of halogens is 2. The van der Waals surface area contributed by atoms with Crippen molar-refractivity contribution < 1.29 is 8.81 Å². The average Bonchev–Trinajstić information content (AvgIpc) is 3.05. The van der Waals surface area contributed by atoms with Crippen molar-refractivity contribution >= 4 is 15.9 Å². The van der Waals surface area contributed by atoms with Crippen LogP contribution in [0.15, 0.2) is 33.2 Å². The number of aromatic nitrogens is 1. The molecule has 1 aromatic carbocycles. The van der Waals surface area contributed by atoms with Crippen LogP contribution in [-0.4, -0.2) is 23.7 Å². The number of aryl methyl sites for hydroxylation is 2. The minimum Gasteiger partial charge on any atom is -0.441 e. The van der Waals surface area contributed by atoms with E-state index < -0.39 is 5.67 Å². The number of rotatable bonds is 4. The van der Waals surface area contributed by atoms with Crippen molar-refractivity contribution in [3.8, 4) is 11.5 Å². The highest BCUT2D eigenvalue weighted by atomic mass is 79.9. The lowest BCUT2D eigenvalue weighted by molar-refractivity contribution is 0.176. The zero-order valence-corrected chi connectivity index (χ0v) is 13.5. The van der Waals surface area contributed by atoms with E-state index in [-0.39, 0.29) is 0 Å². The quantitative estimate of drug-likeness (QED) is 0.901. The summed E-state index contributed by atoms with van der Waals surface area (Å²) in [6.07, 6.45) is 1.70. The van der Waals surface area contributed by atoms with Gasteiger partial charge in [-0.3, -0.25) is 0 Å². The number of benzene rings is 1. The molecule has 2 aromatic rings. The zero-order valence-electron chi connectivity index (χ0n) is 12.0. The van der Waals surface area contributed by atoms with E-state index in [0.717, 1.165) is 28.0 Å². The molecule has 0 saturated carbocycles. The predicted octanol–water partition coefficient (Wildman–Crippen LogP) is 4.05. The summed E-state index contributed by atoms with van der Waals surface area (Å²) in [4.78, 5) is 4.53. The molecule has 3 rings (SSSR count). The van der Waals surface area contributed by atoms with Gasteiger partial charge in [0.05, 0.1) is 5.69 Å². The lowest BCUT2D eigenvalue weighted by atomic mass is 9.97. The molecule has 112 valence electrons. The van der Waals surface area contributed by atoms with Crippen molar-refractivity contribution in [2.75, 3.05) is 13.1 Å². The maximum Gasteiger partial charge on any atom is 0.226 e. The maximum atomic E-state index is 14.4. The van der Waals surface area contributed by atoms with Gasteiger partial charge in [0.25, 0.3) is 0 Å². The topological polar surface area (TPSA) is 38.1 Å². The fourth-order valence-corrected chi connectivity index (χ4v) is 2.91. The monoisotopic (exact) mass is 352 g/mol. The Balaban J connectivity index is 1.73. The summed E-state index contributed by atoms with van der Waals surface area (Å²) in [6.45, 7) is 3.10. The SMILES string of the molecule is Cc1oc(-c2ccc(Br)cc2)nc1CCC1(F)CCNC1. The molecule has 1 atom stereocenters. The van der Waals surface area contributed by atoms with E-state index in [2.05, 4.69) is 26.2 Å². The van der Waals surface area contributed by atoms with Crippen molar-refractivity contribution in [3.63, 3.8) is 0 Å². The van der Waals surface area contributed by atoms with E-state index in [4.69, 9.17) is 4.42 Å². The van der Waals surface area contributed by atoms with Crippen LogP contribution in [0.3, 0.4) is 0 Å². The Morgan fingerprint density at radius 2 is 2.14 bits per heavy atom. The van der Waals surface area contributed by atoms with Gasteiger partial charge in [-0.15, -0.1) is 0 Å². The molecule has 0 aliphatic carbocycles. The van der Waals surface area contributed by atoms with Gasteiger partial charge in [0.1, 0.15) is 11.4 Å². The Hall–Kier alpha value is -1.20. The van der Waals surface area contributed by atoms with Crippen LogP contribution in [0.4, 0.5) is 4.39 Å². The summed E-state index contributed by atoms with van der Waals surface area (Å²) >= 11 is 3.41. The van der Waals surface area contributed by atoms with Crippen LogP contribution >= 0.6 is 15.9 Å². The first-order chi connectivity index (χ1) is 10.1. The zero-order chi connectivity index (χ0) is 14.9. The van der Waals surface area contributed by atoms with Crippen molar-refractivity contribution in [3.05, 3.63) is 40.2 Å². The van der Waals surface area contributed by atoms with Crippen molar-refractivity contribution in [2.45, 2.75) is 31.9 Å². The molecule has 1 N–H and O–H groups in total. The second-order valence-electron chi connectivity index (χ2n) is 5.61. The van der Waals surface area contributed by atoms with Crippen LogP contribution in [0.25, 0.3) is 11.5 Å². The fraction of sp³-hybridized carbons (Fsp3) is 0.438. The normalized spacial score (nSPS) is 21.9. The van der Waals surface area contributed by atoms with Gasteiger partial charge in [-0.1, -0.05) is 15.9 Å².